The maximum atomic E-state index is 13.0. The summed E-state index contributed by atoms with van der Waals surface area (Å²) in [6.07, 6.45) is 3.78. The molecule has 2 heterocycles. The van der Waals surface area contributed by atoms with Crippen LogP contribution in [0.5, 0.6) is 11.5 Å². The molecule has 1 aromatic heterocycles. The number of fused-ring (bicyclic) bond motifs is 1. The van der Waals surface area contributed by atoms with Crippen LogP contribution >= 0.6 is 15.9 Å². The number of ketones is 1. The van der Waals surface area contributed by atoms with Gasteiger partial charge < -0.3 is 9.47 Å². The standard InChI is InChI=1S/C28H23BrN2O3/c1-17(2)33-24-11-9-19(13-18(24)3)27-20(16-31(30-27)22-7-5-4-6-8-22)14-26-28(32)23-15-21(29)10-12-25(23)34-26/h4-17H,1-3H3/b26-14-. The smallest absolute Gasteiger partial charge is 0.232 e. The Hall–Kier alpha value is -3.64. The fourth-order valence-electron chi connectivity index (χ4n) is 3.92. The van der Waals surface area contributed by atoms with Gasteiger partial charge in [-0.25, -0.2) is 4.68 Å². The number of rotatable bonds is 5. The Morgan fingerprint density at radius 3 is 2.59 bits per heavy atom. The Labute approximate surface area is 206 Å². The predicted molar refractivity (Wildman–Crippen MR) is 137 cm³/mol. The van der Waals surface area contributed by atoms with E-state index in [1.54, 1.807) is 18.2 Å². The molecule has 0 fully saturated rings. The number of hydrogen-bond acceptors (Lipinski definition) is 4. The molecule has 1 aliphatic rings. The summed E-state index contributed by atoms with van der Waals surface area (Å²) in [7, 11) is 0. The third-order valence-corrected chi connectivity index (χ3v) is 5.98. The second-order valence-corrected chi connectivity index (χ2v) is 9.36. The lowest BCUT2D eigenvalue weighted by Gasteiger charge is -2.13. The van der Waals surface area contributed by atoms with Crippen molar-refractivity contribution in [3.05, 3.63) is 99.8 Å². The van der Waals surface area contributed by atoms with Crippen molar-refractivity contribution in [2.75, 3.05) is 0 Å². The largest absolute Gasteiger partial charge is 0.491 e. The topological polar surface area (TPSA) is 53.4 Å². The maximum Gasteiger partial charge on any atom is 0.232 e. The van der Waals surface area contributed by atoms with E-state index in [4.69, 9.17) is 14.6 Å². The van der Waals surface area contributed by atoms with Crippen molar-refractivity contribution in [2.24, 2.45) is 0 Å². The number of ether oxygens (including phenoxy) is 2. The first-order chi connectivity index (χ1) is 16.4. The summed E-state index contributed by atoms with van der Waals surface area (Å²) >= 11 is 3.43. The summed E-state index contributed by atoms with van der Waals surface area (Å²) in [5.74, 6) is 1.53. The lowest BCUT2D eigenvalue weighted by atomic mass is 10.0. The fraction of sp³-hybridized carbons (Fsp3) is 0.143. The number of aromatic nitrogens is 2. The number of nitrogens with zero attached hydrogens (tertiary/aromatic N) is 2. The van der Waals surface area contributed by atoms with E-state index in [9.17, 15) is 4.79 Å². The normalized spacial score (nSPS) is 13.9. The van der Waals surface area contributed by atoms with Gasteiger partial charge in [-0.05, 0) is 80.9 Å². The van der Waals surface area contributed by atoms with Crippen molar-refractivity contribution in [1.29, 1.82) is 0 Å². The lowest BCUT2D eigenvalue weighted by molar-refractivity contribution is 0.101. The van der Waals surface area contributed by atoms with Gasteiger partial charge in [0.1, 0.15) is 17.2 Å². The Morgan fingerprint density at radius 2 is 1.85 bits per heavy atom. The highest BCUT2D eigenvalue weighted by molar-refractivity contribution is 9.10. The molecule has 0 saturated heterocycles. The van der Waals surface area contributed by atoms with Crippen LogP contribution in [0.15, 0.2) is 83.2 Å². The molecular weight excluding hydrogens is 492 g/mol. The summed E-state index contributed by atoms with van der Waals surface area (Å²) in [6.45, 7) is 6.04. The molecule has 0 bridgehead atoms. The van der Waals surface area contributed by atoms with E-state index in [1.807, 2.05) is 80.2 Å². The Bertz CT molecular complexity index is 1420. The highest BCUT2D eigenvalue weighted by Crippen LogP contribution is 2.36. The van der Waals surface area contributed by atoms with Crippen molar-refractivity contribution in [3.8, 4) is 28.4 Å². The molecule has 170 valence electrons. The average Bonchev–Trinajstić information content (AvgIpc) is 3.37. The molecule has 4 aromatic rings. The highest BCUT2D eigenvalue weighted by atomic mass is 79.9. The van der Waals surface area contributed by atoms with Gasteiger partial charge in [-0.2, -0.15) is 5.10 Å². The van der Waals surface area contributed by atoms with Crippen LogP contribution < -0.4 is 9.47 Å². The number of allylic oxidation sites excluding steroid dienone is 1. The van der Waals surface area contributed by atoms with Crippen LogP contribution in [0.3, 0.4) is 0 Å². The van der Waals surface area contributed by atoms with Crippen LogP contribution in [-0.4, -0.2) is 21.7 Å². The first-order valence-electron chi connectivity index (χ1n) is 11.1. The summed E-state index contributed by atoms with van der Waals surface area (Å²) in [5.41, 5.74) is 4.96. The zero-order valence-electron chi connectivity index (χ0n) is 19.1. The molecule has 0 amide bonds. The number of aryl methyl sites for hydroxylation is 1. The third-order valence-electron chi connectivity index (χ3n) is 5.49. The Balaban J connectivity index is 1.60. The second kappa shape index (κ2) is 8.95. The first-order valence-corrected chi connectivity index (χ1v) is 11.8. The summed E-state index contributed by atoms with van der Waals surface area (Å²) in [5, 5.41) is 4.87. The number of Topliss-reactive ketones (excluding diaryl/α,β-unsaturated/α-hetero) is 1. The van der Waals surface area contributed by atoms with Gasteiger partial charge in [0, 0.05) is 21.8 Å². The number of para-hydroxylation sites is 1. The van der Waals surface area contributed by atoms with E-state index in [0.717, 1.165) is 38.3 Å². The Morgan fingerprint density at radius 1 is 1.06 bits per heavy atom. The van der Waals surface area contributed by atoms with Crippen LogP contribution in [-0.2, 0) is 0 Å². The third kappa shape index (κ3) is 4.29. The van der Waals surface area contributed by atoms with Gasteiger partial charge in [-0.1, -0.05) is 34.1 Å². The van der Waals surface area contributed by atoms with Gasteiger partial charge in [0.2, 0.25) is 5.78 Å². The van der Waals surface area contributed by atoms with Crippen molar-refractivity contribution in [2.45, 2.75) is 26.9 Å². The van der Waals surface area contributed by atoms with Crippen molar-refractivity contribution >= 4 is 27.8 Å². The average molecular weight is 515 g/mol. The number of benzene rings is 3. The summed E-state index contributed by atoms with van der Waals surface area (Å²) in [4.78, 5) is 13.0. The number of carbonyl (C=O) groups is 1. The summed E-state index contributed by atoms with van der Waals surface area (Å²) < 4.78 is 14.5. The van der Waals surface area contributed by atoms with E-state index < -0.39 is 0 Å². The van der Waals surface area contributed by atoms with Crippen LogP contribution in [0.1, 0.15) is 35.3 Å². The number of hydrogen-bond donors (Lipinski definition) is 0. The first kappa shape index (κ1) is 22.2. The van der Waals surface area contributed by atoms with Crippen LogP contribution in [0.2, 0.25) is 0 Å². The highest BCUT2D eigenvalue weighted by Gasteiger charge is 2.28. The fourth-order valence-corrected chi connectivity index (χ4v) is 4.28. The van der Waals surface area contributed by atoms with E-state index in [2.05, 4.69) is 22.0 Å². The monoisotopic (exact) mass is 514 g/mol. The van der Waals surface area contributed by atoms with Crippen molar-refractivity contribution in [3.63, 3.8) is 0 Å². The van der Waals surface area contributed by atoms with Gasteiger partial charge in [-0.3, -0.25) is 4.79 Å². The second-order valence-electron chi connectivity index (χ2n) is 8.44. The minimum absolute atomic E-state index is 0.0920. The van der Waals surface area contributed by atoms with Gasteiger partial charge in [0.15, 0.2) is 5.76 Å². The minimum Gasteiger partial charge on any atom is -0.491 e. The molecule has 0 unspecified atom stereocenters. The van der Waals surface area contributed by atoms with Gasteiger partial charge >= 0.3 is 0 Å². The van der Waals surface area contributed by atoms with Crippen LogP contribution in [0.4, 0.5) is 0 Å². The van der Waals surface area contributed by atoms with E-state index in [0.29, 0.717) is 11.3 Å². The lowest BCUT2D eigenvalue weighted by Crippen LogP contribution is -2.06. The number of halogens is 1. The molecule has 5 nitrogen and oxygen atoms in total. The van der Waals surface area contributed by atoms with E-state index in [1.165, 1.54) is 0 Å². The molecule has 34 heavy (non-hydrogen) atoms. The quantitative estimate of drug-likeness (QED) is 0.268. The van der Waals surface area contributed by atoms with E-state index in [-0.39, 0.29) is 17.6 Å². The zero-order valence-corrected chi connectivity index (χ0v) is 20.7. The molecule has 0 saturated carbocycles. The SMILES string of the molecule is Cc1cc(-c2nn(-c3ccccc3)cc2/C=C2\Oc3ccc(Br)cc3C2=O)ccc1OC(C)C. The molecule has 0 N–H and O–H groups in total. The van der Waals surface area contributed by atoms with Gasteiger partial charge in [0.25, 0.3) is 0 Å². The molecule has 0 atom stereocenters. The van der Waals surface area contributed by atoms with Crippen molar-refractivity contribution in [1.82, 2.24) is 9.78 Å². The predicted octanol–water partition coefficient (Wildman–Crippen LogP) is 7.01. The van der Waals surface area contributed by atoms with Gasteiger partial charge in [-0.15, -0.1) is 0 Å². The van der Waals surface area contributed by atoms with Crippen LogP contribution in [0, 0.1) is 6.92 Å². The summed E-state index contributed by atoms with van der Waals surface area (Å²) in [6, 6.07) is 21.3. The Kier molecular flexibility index (Phi) is 5.84. The molecule has 6 heteroatoms. The number of carbonyl (C=O) groups excluding carboxylic acids is 1. The molecule has 3 aromatic carbocycles. The maximum absolute atomic E-state index is 13.0. The molecule has 5 rings (SSSR count). The zero-order chi connectivity index (χ0) is 23.8. The molecule has 1 aliphatic heterocycles. The van der Waals surface area contributed by atoms with Crippen molar-refractivity contribution < 1.29 is 14.3 Å². The molecule has 0 aliphatic carbocycles. The van der Waals surface area contributed by atoms with Gasteiger partial charge in [0.05, 0.1) is 17.4 Å². The van der Waals surface area contributed by atoms with Crippen LogP contribution in [0.25, 0.3) is 23.0 Å². The minimum atomic E-state index is -0.147. The molecular formula is C28H23BrN2O3. The molecule has 0 radical (unpaired) electrons. The van der Waals surface area contributed by atoms with E-state index >= 15 is 0 Å². The molecule has 0 spiro atoms.